The van der Waals surface area contributed by atoms with Crippen molar-refractivity contribution in [2.24, 2.45) is 0 Å². The average molecular weight is 273 g/mol. The first kappa shape index (κ1) is 12.2. The summed E-state index contributed by atoms with van der Waals surface area (Å²) < 4.78 is 1.95. The summed E-state index contributed by atoms with van der Waals surface area (Å²) in [5, 5.41) is 10.2. The Morgan fingerprint density at radius 1 is 1.21 bits per heavy atom. The Balaban J connectivity index is 2.17. The second kappa shape index (κ2) is 4.68. The van der Waals surface area contributed by atoms with E-state index in [0.717, 1.165) is 22.3 Å². The number of fused-ring (bicyclic) bond motifs is 1. The second-order valence-electron chi connectivity index (χ2n) is 4.49. The highest BCUT2D eigenvalue weighted by Gasteiger charge is 2.09. The zero-order chi connectivity index (χ0) is 13.4. The standard InChI is InChI=1S/C15H13ClN2O/c1-10(19)11-6-7-14(12(16)8-11)18-9-17-13-4-2-3-5-15(13)18/h2-10,19H,1H3/t10-/m0/s1. The summed E-state index contributed by atoms with van der Waals surface area (Å²) in [6.07, 6.45) is 1.24. The number of para-hydroxylation sites is 2. The van der Waals surface area contributed by atoms with Gasteiger partial charge in [0, 0.05) is 0 Å². The third kappa shape index (κ3) is 2.11. The molecule has 19 heavy (non-hydrogen) atoms. The number of aliphatic hydroxyl groups excluding tert-OH is 1. The number of hydrogen-bond donors (Lipinski definition) is 1. The van der Waals surface area contributed by atoms with E-state index in [1.807, 2.05) is 41.0 Å². The topological polar surface area (TPSA) is 38.0 Å². The molecule has 0 amide bonds. The lowest BCUT2D eigenvalue weighted by Gasteiger charge is -2.10. The third-order valence-electron chi connectivity index (χ3n) is 3.17. The van der Waals surface area contributed by atoms with Crippen LogP contribution in [0.3, 0.4) is 0 Å². The van der Waals surface area contributed by atoms with Gasteiger partial charge in [-0.3, -0.25) is 4.57 Å². The minimum Gasteiger partial charge on any atom is -0.389 e. The second-order valence-corrected chi connectivity index (χ2v) is 4.90. The predicted octanol–water partition coefficient (Wildman–Crippen LogP) is 3.73. The van der Waals surface area contributed by atoms with Crippen molar-refractivity contribution < 1.29 is 5.11 Å². The normalized spacial score (nSPS) is 12.8. The van der Waals surface area contributed by atoms with Crippen molar-refractivity contribution in [3.63, 3.8) is 0 Å². The van der Waals surface area contributed by atoms with Crippen LogP contribution in [0.2, 0.25) is 5.02 Å². The molecule has 1 atom stereocenters. The highest BCUT2D eigenvalue weighted by atomic mass is 35.5. The van der Waals surface area contributed by atoms with Gasteiger partial charge in [0.2, 0.25) is 0 Å². The van der Waals surface area contributed by atoms with Gasteiger partial charge >= 0.3 is 0 Å². The first-order valence-electron chi connectivity index (χ1n) is 6.07. The van der Waals surface area contributed by atoms with Gasteiger partial charge in [0.25, 0.3) is 0 Å². The van der Waals surface area contributed by atoms with Crippen LogP contribution in [0.25, 0.3) is 16.7 Å². The summed E-state index contributed by atoms with van der Waals surface area (Å²) in [4.78, 5) is 4.35. The highest BCUT2D eigenvalue weighted by Crippen LogP contribution is 2.27. The van der Waals surface area contributed by atoms with Gasteiger partial charge < -0.3 is 5.11 Å². The lowest BCUT2D eigenvalue weighted by Crippen LogP contribution is -1.96. The van der Waals surface area contributed by atoms with Crippen LogP contribution in [-0.4, -0.2) is 14.7 Å². The van der Waals surface area contributed by atoms with Crippen LogP contribution in [0.5, 0.6) is 0 Å². The number of hydrogen-bond acceptors (Lipinski definition) is 2. The number of rotatable bonds is 2. The zero-order valence-electron chi connectivity index (χ0n) is 10.4. The van der Waals surface area contributed by atoms with Crippen LogP contribution in [0, 0.1) is 0 Å². The van der Waals surface area contributed by atoms with Gasteiger partial charge in [-0.1, -0.05) is 29.8 Å². The van der Waals surface area contributed by atoms with E-state index in [0.29, 0.717) is 5.02 Å². The smallest absolute Gasteiger partial charge is 0.100 e. The summed E-state index contributed by atoms with van der Waals surface area (Å²) in [7, 11) is 0. The summed E-state index contributed by atoms with van der Waals surface area (Å²) in [6.45, 7) is 1.72. The van der Waals surface area contributed by atoms with Crippen LogP contribution in [0.4, 0.5) is 0 Å². The van der Waals surface area contributed by atoms with Gasteiger partial charge in [-0.2, -0.15) is 0 Å². The molecule has 3 nitrogen and oxygen atoms in total. The van der Waals surface area contributed by atoms with Gasteiger partial charge in [-0.25, -0.2) is 4.98 Å². The molecule has 96 valence electrons. The van der Waals surface area contributed by atoms with Crippen molar-refractivity contribution in [2.45, 2.75) is 13.0 Å². The fourth-order valence-corrected chi connectivity index (χ4v) is 2.41. The van der Waals surface area contributed by atoms with E-state index in [1.165, 1.54) is 0 Å². The molecule has 3 aromatic rings. The Labute approximate surface area is 116 Å². The van der Waals surface area contributed by atoms with Gasteiger partial charge in [-0.05, 0) is 36.8 Å². The monoisotopic (exact) mass is 272 g/mol. The largest absolute Gasteiger partial charge is 0.389 e. The summed E-state index contributed by atoms with van der Waals surface area (Å²) in [5.74, 6) is 0. The molecule has 2 aromatic carbocycles. The van der Waals surface area contributed by atoms with Crippen molar-refractivity contribution in [1.29, 1.82) is 0 Å². The molecule has 0 bridgehead atoms. The maximum absolute atomic E-state index is 9.56. The number of halogens is 1. The maximum Gasteiger partial charge on any atom is 0.100 e. The van der Waals surface area contributed by atoms with Crippen LogP contribution in [0.1, 0.15) is 18.6 Å². The Bertz CT molecular complexity index is 734. The third-order valence-corrected chi connectivity index (χ3v) is 3.47. The number of benzene rings is 2. The Hall–Kier alpha value is -1.84. The molecule has 0 aliphatic rings. The molecule has 0 radical (unpaired) electrons. The maximum atomic E-state index is 9.56. The molecule has 1 N–H and O–H groups in total. The van der Waals surface area contributed by atoms with E-state index in [9.17, 15) is 5.11 Å². The lowest BCUT2D eigenvalue weighted by atomic mass is 10.1. The van der Waals surface area contributed by atoms with Crippen molar-refractivity contribution in [3.8, 4) is 5.69 Å². The van der Waals surface area contributed by atoms with Gasteiger partial charge in [0.15, 0.2) is 0 Å². The van der Waals surface area contributed by atoms with Crippen molar-refractivity contribution in [2.75, 3.05) is 0 Å². The van der Waals surface area contributed by atoms with Gasteiger partial charge in [-0.15, -0.1) is 0 Å². The molecular weight excluding hydrogens is 260 g/mol. The first-order chi connectivity index (χ1) is 9.16. The minimum absolute atomic E-state index is 0.522. The Kier molecular flexibility index (Phi) is 3.01. The minimum atomic E-state index is -0.522. The molecule has 0 unspecified atom stereocenters. The number of aliphatic hydroxyl groups is 1. The first-order valence-corrected chi connectivity index (χ1v) is 6.44. The summed E-state index contributed by atoms with van der Waals surface area (Å²) in [5.41, 5.74) is 3.60. The number of nitrogens with zero attached hydrogens (tertiary/aromatic N) is 2. The fraction of sp³-hybridized carbons (Fsp3) is 0.133. The molecule has 1 aromatic heterocycles. The van der Waals surface area contributed by atoms with Crippen LogP contribution < -0.4 is 0 Å². The number of aromatic nitrogens is 2. The molecule has 0 spiro atoms. The molecule has 0 aliphatic heterocycles. The summed E-state index contributed by atoms with van der Waals surface area (Å²) >= 11 is 6.31. The highest BCUT2D eigenvalue weighted by molar-refractivity contribution is 6.32. The van der Waals surface area contributed by atoms with Crippen LogP contribution in [0.15, 0.2) is 48.8 Å². The predicted molar refractivity (Wildman–Crippen MR) is 76.7 cm³/mol. The van der Waals surface area contributed by atoms with Crippen molar-refractivity contribution >= 4 is 22.6 Å². The quantitative estimate of drug-likeness (QED) is 0.772. The molecule has 4 heteroatoms. The molecular formula is C15H13ClN2O. The van der Waals surface area contributed by atoms with E-state index in [1.54, 1.807) is 19.3 Å². The zero-order valence-corrected chi connectivity index (χ0v) is 11.2. The Morgan fingerprint density at radius 2 is 2.00 bits per heavy atom. The molecule has 0 aliphatic carbocycles. The molecule has 0 saturated carbocycles. The molecule has 0 fully saturated rings. The van der Waals surface area contributed by atoms with E-state index >= 15 is 0 Å². The summed E-state index contributed by atoms with van der Waals surface area (Å²) in [6, 6.07) is 13.5. The molecule has 3 rings (SSSR count). The van der Waals surface area contributed by atoms with E-state index in [-0.39, 0.29) is 0 Å². The number of imidazole rings is 1. The lowest BCUT2D eigenvalue weighted by molar-refractivity contribution is 0.199. The fourth-order valence-electron chi connectivity index (χ4n) is 2.13. The van der Waals surface area contributed by atoms with Gasteiger partial charge in [0.1, 0.15) is 6.33 Å². The van der Waals surface area contributed by atoms with Crippen molar-refractivity contribution in [1.82, 2.24) is 9.55 Å². The van der Waals surface area contributed by atoms with Crippen molar-refractivity contribution in [3.05, 3.63) is 59.4 Å². The molecule has 0 saturated heterocycles. The van der Waals surface area contributed by atoms with Gasteiger partial charge in [0.05, 0.1) is 27.8 Å². The molecule has 1 heterocycles. The van der Waals surface area contributed by atoms with E-state index in [2.05, 4.69) is 4.98 Å². The van der Waals surface area contributed by atoms with E-state index in [4.69, 9.17) is 11.6 Å². The SMILES string of the molecule is C[C@H](O)c1ccc(-n2cnc3ccccc32)c(Cl)c1. The van der Waals surface area contributed by atoms with Crippen LogP contribution >= 0.6 is 11.6 Å². The Morgan fingerprint density at radius 3 is 2.74 bits per heavy atom. The average Bonchev–Trinajstić information content (AvgIpc) is 2.82. The van der Waals surface area contributed by atoms with E-state index < -0.39 is 6.10 Å². The van der Waals surface area contributed by atoms with Crippen LogP contribution in [-0.2, 0) is 0 Å².